The molecule has 0 atom stereocenters. The zero-order valence-electron chi connectivity index (χ0n) is 18.1. The number of aryl methyl sites for hydroxylation is 2. The third kappa shape index (κ3) is 5.81. The maximum absolute atomic E-state index is 12.7. The summed E-state index contributed by atoms with van der Waals surface area (Å²) in [6.07, 6.45) is -3.55. The minimum atomic E-state index is -4.44. The largest absolute Gasteiger partial charge is 0.489 e. The van der Waals surface area contributed by atoms with Gasteiger partial charge >= 0.3 is 12.1 Å². The number of ether oxygens (including phenoxy) is 2. The van der Waals surface area contributed by atoms with Crippen LogP contribution in [0.4, 0.5) is 13.2 Å². The summed E-state index contributed by atoms with van der Waals surface area (Å²) < 4.78 is 49.1. The Morgan fingerprint density at radius 2 is 1.56 bits per heavy atom. The Hall–Kier alpha value is -3.03. The van der Waals surface area contributed by atoms with Crippen molar-refractivity contribution in [2.75, 3.05) is 26.3 Å². The van der Waals surface area contributed by atoms with Crippen LogP contribution < -0.4 is 4.74 Å². The Balaban J connectivity index is 1.43. The molecule has 0 aliphatic carbocycles. The van der Waals surface area contributed by atoms with Gasteiger partial charge in [0.1, 0.15) is 19.0 Å². The molecule has 1 fully saturated rings. The van der Waals surface area contributed by atoms with Crippen molar-refractivity contribution < 1.29 is 32.2 Å². The molecule has 0 spiro atoms. The number of halogens is 3. The lowest BCUT2D eigenvalue weighted by atomic mass is 9.96. The molecule has 0 saturated carbocycles. The molecule has 0 unspecified atom stereocenters. The van der Waals surface area contributed by atoms with Gasteiger partial charge in [-0.15, -0.1) is 0 Å². The van der Waals surface area contributed by atoms with Crippen molar-refractivity contribution in [1.82, 2.24) is 4.90 Å². The molecule has 0 bridgehead atoms. The number of esters is 1. The van der Waals surface area contributed by atoms with Crippen molar-refractivity contribution in [3.05, 3.63) is 64.7 Å². The first-order valence-electron chi connectivity index (χ1n) is 10.5. The molecule has 1 amide bonds. The van der Waals surface area contributed by atoms with Gasteiger partial charge in [0, 0.05) is 18.7 Å². The van der Waals surface area contributed by atoms with Gasteiger partial charge < -0.3 is 14.4 Å². The normalized spacial score (nSPS) is 14.8. The van der Waals surface area contributed by atoms with E-state index in [1.165, 1.54) is 12.1 Å². The maximum Gasteiger partial charge on any atom is 0.416 e. The summed E-state index contributed by atoms with van der Waals surface area (Å²) in [6.45, 7) is 4.99. The van der Waals surface area contributed by atoms with E-state index in [1.807, 2.05) is 32.0 Å². The zero-order chi connectivity index (χ0) is 23.3. The number of likely N-dealkylation sites (tertiary alicyclic amines) is 1. The molecular formula is C24H26F3NO4. The minimum Gasteiger partial charge on any atom is -0.489 e. The summed E-state index contributed by atoms with van der Waals surface area (Å²) in [6, 6.07) is 10.0. The molecule has 0 radical (unpaired) electrons. The molecule has 3 rings (SSSR count). The van der Waals surface area contributed by atoms with Crippen molar-refractivity contribution in [2.45, 2.75) is 32.9 Å². The molecule has 1 saturated heterocycles. The summed E-state index contributed by atoms with van der Waals surface area (Å²) in [5.74, 6) is -0.185. The van der Waals surface area contributed by atoms with E-state index in [-0.39, 0.29) is 36.6 Å². The van der Waals surface area contributed by atoms with E-state index >= 15 is 0 Å². The lowest BCUT2D eigenvalue weighted by Gasteiger charge is -2.31. The minimum absolute atomic E-state index is 0.136. The van der Waals surface area contributed by atoms with E-state index in [0.717, 1.165) is 29.0 Å². The number of hydrogen-bond donors (Lipinski definition) is 0. The van der Waals surface area contributed by atoms with E-state index in [1.54, 1.807) is 4.90 Å². The number of nitrogens with zero attached hydrogens (tertiary/aromatic N) is 1. The Labute approximate surface area is 185 Å². The molecule has 1 heterocycles. The summed E-state index contributed by atoms with van der Waals surface area (Å²) in [7, 11) is 0. The van der Waals surface area contributed by atoms with Crippen LogP contribution >= 0.6 is 0 Å². The molecule has 0 aromatic heterocycles. The number of carbonyl (C=O) groups is 2. The number of benzene rings is 2. The van der Waals surface area contributed by atoms with Gasteiger partial charge in [-0.25, -0.2) is 0 Å². The predicted molar refractivity (Wildman–Crippen MR) is 112 cm³/mol. The average molecular weight is 449 g/mol. The predicted octanol–water partition coefficient (Wildman–Crippen LogP) is 4.80. The average Bonchev–Trinajstić information content (AvgIpc) is 2.77. The second kappa shape index (κ2) is 10.1. The van der Waals surface area contributed by atoms with Crippen LogP contribution in [0.15, 0.2) is 42.5 Å². The fourth-order valence-electron chi connectivity index (χ4n) is 3.73. The summed E-state index contributed by atoms with van der Waals surface area (Å²) in [5.41, 5.74) is 1.43. The smallest absolute Gasteiger partial charge is 0.416 e. The van der Waals surface area contributed by atoms with Crippen molar-refractivity contribution in [1.29, 1.82) is 0 Å². The molecule has 2 aromatic carbocycles. The second-order valence-corrected chi connectivity index (χ2v) is 7.88. The van der Waals surface area contributed by atoms with Gasteiger partial charge in [-0.05, 0) is 62.1 Å². The molecule has 5 nitrogen and oxygen atoms in total. The molecule has 0 N–H and O–H groups in total. The number of para-hydroxylation sites is 1. The van der Waals surface area contributed by atoms with Crippen LogP contribution in [0.3, 0.4) is 0 Å². The Kier molecular flexibility index (Phi) is 7.43. The number of hydrogen-bond acceptors (Lipinski definition) is 4. The maximum atomic E-state index is 12.7. The highest BCUT2D eigenvalue weighted by Gasteiger charge is 2.31. The van der Waals surface area contributed by atoms with Crippen LogP contribution in [0.2, 0.25) is 0 Å². The van der Waals surface area contributed by atoms with Crippen LogP contribution in [0, 0.1) is 19.8 Å². The third-order valence-corrected chi connectivity index (χ3v) is 5.56. The summed E-state index contributed by atoms with van der Waals surface area (Å²) in [5, 5.41) is 0. The zero-order valence-corrected chi connectivity index (χ0v) is 18.1. The first-order chi connectivity index (χ1) is 15.2. The molecule has 2 aromatic rings. The van der Waals surface area contributed by atoms with E-state index in [2.05, 4.69) is 0 Å². The van der Waals surface area contributed by atoms with Crippen LogP contribution in [0.25, 0.3) is 0 Å². The number of alkyl halides is 3. The molecule has 8 heteroatoms. The number of amides is 1. The van der Waals surface area contributed by atoms with Crippen LogP contribution in [-0.2, 0) is 15.7 Å². The standard InChI is InChI=1S/C24H26F3NO4/c1-16-4-3-5-17(2)21(16)31-14-15-32-23(30)19-10-12-28(13-11-19)22(29)18-6-8-20(9-7-18)24(25,26)27/h3-9,19H,10-15H2,1-2H3. The Bertz CT molecular complexity index is 928. The van der Waals surface area contributed by atoms with Crippen molar-refractivity contribution in [3.63, 3.8) is 0 Å². The lowest BCUT2D eigenvalue weighted by molar-refractivity contribution is -0.150. The highest BCUT2D eigenvalue weighted by molar-refractivity contribution is 5.94. The fourth-order valence-corrected chi connectivity index (χ4v) is 3.73. The highest BCUT2D eigenvalue weighted by Crippen LogP contribution is 2.29. The van der Waals surface area contributed by atoms with E-state index < -0.39 is 11.7 Å². The monoisotopic (exact) mass is 449 g/mol. The first kappa shape index (κ1) is 23.6. The third-order valence-electron chi connectivity index (χ3n) is 5.56. The second-order valence-electron chi connectivity index (χ2n) is 7.88. The van der Waals surface area contributed by atoms with Gasteiger partial charge in [-0.3, -0.25) is 9.59 Å². The van der Waals surface area contributed by atoms with Crippen LogP contribution in [0.1, 0.15) is 39.9 Å². The van der Waals surface area contributed by atoms with Crippen LogP contribution in [-0.4, -0.2) is 43.1 Å². The van der Waals surface area contributed by atoms with E-state index in [0.29, 0.717) is 25.9 Å². The molecule has 32 heavy (non-hydrogen) atoms. The SMILES string of the molecule is Cc1cccc(C)c1OCCOC(=O)C1CCN(C(=O)c2ccc(C(F)(F)F)cc2)CC1. The van der Waals surface area contributed by atoms with E-state index in [4.69, 9.17) is 9.47 Å². The van der Waals surface area contributed by atoms with Crippen molar-refractivity contribution in [3.8, 4) is 5.75 Å². The summed E-state index contributed by atoms with van der Waals surface area (Å²) in [4.78, 5) is 26.4. The quantitative estimate of drug-likeness (QED) is 0.470. The number of rotatable bonds is 6. The Morgan fingerprint density at radius 1 is 0.969 bits per heavy atom. The summed E-state index contributed by atoms with van der Waals surface area (Å²) >= 11 is 0. The molecular weight excluding hydrogens is 423 g/mol. The van der Waals surface area contributed by atoms with Gasteiger partial charge in [0.15, 0.2) is 0 Å². The fraction of sp³-hybridized carbons (Fsp3) is 0.417. The van der Waals surface area contributed by atoms with Gasteiger partial charge in [-0.2, -0.15) is 13.2 Å². The van der Waals surface area contributed by atoms with Crippen molar-refractivity contribution in [2.24, 2.45) is 5.92 Å². The highest BCUT2D eigenvalue weighted by atomic mass is 19.4. The molecule has 1 aliphatic rings. The number of carbonyl (C=O) groups excluding carboxylic acids is 2. The van der Waals surface area contributed by atoms with Gasteiger partial charge in [-0.1, -0.05) is 18.2 Å². The topological polar surface area (TPSA) is 55.8 Å². The van der Waals surface area contributed by atoms with E-state index in [9.17, 15) is 22.8 Å². The van der Waals surface area contributed by atoms with Gasteiger partial charge in [0.2, 0.25) is 0 Å². The van der Waals surface area contributed by atoms with Crippen LogP contribution in [0.5, 0.6) is 5.75 Å². The van der Waals surface area contributed by atoms with Gasteiger partial charge in [0.25, 0.3) is 5.91 Å². The Morgan fingerprint density at radius 3 is 2.12 bits per heavy atom. The molecule has 1 aliphatic heterocycles. The first-order valence-corrected chi connectivity index (χ1v) is 10.5. The van der Waals surface area contributed by atoms with Crippen molar-refractivity contribution >= 4 is 11.9 Å². The molecule has 172 valence electrons. The number of piperidine rings is 1. The lowest BCUT2D eigenvalue weighted by Crippen LogP contribution is -2.40. The van der Waals surface area contributed by atoms with Gasteiger partial charge in [0.05, 0.1) is 11.5 Å².